The third-order valence-electron chi connectivity index (χ3n) is 7.56. The van der Waals surface area contributed by atoms with Gasteiger partial charge < -0.3 is 9.15 Å². The van der Waals surface area contributed by atoms with Crippen LogP contribution in [0, 0.1) is 5.92 Å². The Hall–Kier alpha value is -4.56. The third kappa shape index (κ3) is 5.31. The highest BCUT2D eigenvalue weighted by Gasteiger charge is 2.25. The van der Waals surface area contributed by atoms with Gasteiger partial charge in [0.1, 0.15) is 17.1 Å². The molecule has 2 heterocycles. The second-order valence-corrected chi connectivity index (χ2v) is 10.2. The molecule has 40 heavy (non-hydrogen) atoms. The van der Waals surface area contributed by atoms with Crippen LogP contribution < -0.4 is 4.74 Å². The van der Waals surface area contributed by atoms with Gasteiger partial charge in [0.05, 0.1) is 11.6 Å². The van der Waals surface area contributed by atoms with Crippen molar-refractivity contribution < 1.29 is 9.15 Å². The van der Waals surface area contributed by atoms with Gasteiger partial charge in [-0.2, -0.15) is 0 Å². The molecule has 2 aliphatic rings. The first-order valence-corrected chi connectivity index (χ1v) is 14.0. The summed E-state index contributed by atoms with van der Waals surface area (Å²) in [6.07, 6.45) is 25.7. The second-order valence-electron chi connectivity index (χ2n) is 10.2. The van der Waals surface area contributed by atoms with Crippen LogP contribution in [0.25, 0.3) is 39.8 Å². The van der Waals surface area contributed by atoms with Gasteiger partial charge in [0.2, 0.25) is 0 Å². The van der Waals surface area contributed by atoms with Crippen LogP contribution in [0.1, 0.15) is 50.0 Å². The molecule has 0 saturated heterocycles. The van der Waals surface area contributed by atoms with Crippen molar-refractivity contribution in [1.82, 2.24) is 0 Å². The van der Waals surface area contributed by atoms with Crippen molar-refractivity contribution in [3.63, 3.8) is 0 Å². The minimum Gasteiger partial charge on any atom is -0.464 e. The van der Waals surface area contributed by atoms with E-state index >= 15 is 0 Å². The lowest BCUT2D eigenvalue weighted by Gasteiger charge is -2.18. The normalized spacial score (nSPS) is 18.2. The lowest BCUT2D eigenvalue weighted by atomic mass is 9.90. The van der Waals surface area contributed by atoms with Gasteiger partial charge in [-0.3, -0.25) is 0 Å². The van der Waals surface area contributed by atoms with E-state index in [2.05, 4.69) is 88.2 Å². The number of fused-ring (bicyclic) bond motifs is 3. The maximum Gasteiger partial charge on any atom is 0.147 e. The predicted octanol–water partition coefficient (Wildman–Crippen LogP) is 11.0. The monoisotopic (exact) mass is 524 g/mol. The van der Waals surface area contributed by atoms with Crippen LogP contribution in [-0.2, 0) is 0 Å². The summed E-state index contributed by atoms with van der Waals surface area (Å²) >= 11 is 0. The van der Waals surface area contributed by atoms with Gasteiger partial charge in [-0.25, -0.2) is 0 Å². The minimum absolute atomic E-state index is 0.276. The predicted molar refractivity (Wildman–Crippen MR) is 172 cm³/mol. The van der Waals surface area contributed by atoms with Crippen LogP contribution in [0.3, 0.4) is 0 Å². The van der Waals surface area contributed by atoms with Gasteiger partial charge in [0, 0.05) is 16.7 Å². The summed E-state index contributed by atoms with van der Waals surface area (Å²) in [6.45, 7) is 16.8. The molecule has 2 heteroatoms. The summed E-state index contributed by atoms with van der Waals surface area (Å²) < 4.78 is 13.0. The van der Waals surface area contributed by atoms with E-state index in [1.807, 2.05) is 36.4 Å². The van der Waals surface area contributed by atoms with E-state index in [4.69, 9.17) is 9.15 Å². The van der Waals surface area contributed by atoms with E-state index in [0.717, 1.165) is 75.1 Å². The Morgan fingerprint density at radius 1 is 1.05 bits per heavy atom. The van der Waals surface area contributed by atoms with Crippen LogP contribution in [0.2, 0.25) is 0 Å². The average Bonchev–Trinajstić information content (AvgIpc) is 3.34. The maximum absolute atomic E-state index is 6.55. The fraction of sp³-hybridized carbons (Fsp3) is 0.158. The summed E-state index contributed by atoms with van der Waals surface area (Å²) in [5, 5.41) is 0.924. The van der Waals surface area contributed by atoms with Gasteiger partial charge in [0.25, 0.3) is 0 Å². The summed E-state index contributed by atoms with van der Waals surface area (Å²) in [4.78, 5) is 0. The summed E-state index contributed by atoms with van der Waals surface area (Å²) in [5.41, 5.74) is 9.14. The summed E-state index contributed by atoms with van der Waals surface area (Å²) in [7, 11) is 0. The van der Waals surface area contributed by atoms with Crippen molar-refractivity contribution in [2.24, 2.45) is 5.92 Å². The highest BCUT2D eigenvalue weighted by atomic mass is 16.5. The second kappa shape index (κ2) is 12.1. The first-order valence-electron chi connectivity index (χ1n) is 14.0. The van der Waals surface area contributed by atoms with Gasteiger partial charge in [-0.05, 0) is 78.7 Å². The van der Waals surface area contributed by atoms with Gasteiger partial charge in [-0.15, -0.1) is 0 Å². The molecule has 1 aromatic heterocycles. The van der Waals surface area contributed by atoms with E-state index in [9.17, 15) is 0 Å². The lowest BCUT2D eigenvalue weighted by Crippen LogP contribution is -1.99. The first kappa shape index (κ1) is 27.0. The summed E-state index contributed by atoms with van der Waals surface area (Å²) in [6, 6.07) is 12.5. The smallest absolute Gasteiger partial charge is 0.147 e. The Bertz CT molecular complexity index is 1640. The highest BCUT2D eigenvalue weighted by molar-refractivity contribution is 6.07. The molecule has 5 rings (SSSR count). The molecule has 0 N–H and O–H groups in total. The fourth-order valence-electron chi connectivity index (χ4n) is 5.43. The average molecular weight is 525 g/mol. The molecule has 2 aromatic carbocycles. The molecule has 0 spiro atoms. The number of benzene rings is 2. The molecular weight excluding hydrogens is 488 g/mol. The molecule has 0 bridgehead atoms. The van der Waals surface area contributed by atoms with Crippen molar-refractivity contribution in [2.75, 3.05) is 0 Å². The Morgan fingerprint density at radius 2 is 1.88 bits per heavy atom. The van der Waals surface area contributed by atoms with Crippen molar-refractivity contribution in [3.05, 3.63) is 145 Å². The van der Waals surface area contributed by atoms with E-state index < -0.39 is 0 Å². The van der Waals surface area contributed by atoms with Crippen LogP contribution >= 0.6 is 0 Å². The zero-order chi connectivity index (χ0) is 28.1. The molecule has 2 nitrogen and oxygen atoms in total. The number of allylic oxidation sites excluding steroid dienone is 12. The number of hydrogen-bond acceptors (Lipinski definition) is 2. The largest absolute Gasteiger partial charge is 0.464 e. The highest BCUT2D eigenvalue weighted by Crippen LogP contribution is 2.46. The van der Waals surface area contributed by atoms with Crippen molar-refractivity contribution in [2.45, 2.75) is 33.1 Å². The number of furan rings is 1. The molecule has 1 aliphatic carbocycles. The van der Waals surface area contributed by atoms with Gasteiger partial charge in [-0.1, -0.05) is 105 Å². The van der Waals surface area contributed by atoms with Crippen LogP contribution in [0.15, 0.2) is 132 Å². The molecule has 1 unspecified atom stereocenters. The molecule has 3 aromatic rings. The SMILES string of the molecule is C=C/C=C\C(CC)/C(C)=C/c1c(C=C)oc2c(-c3ccccc3)cc3c(c12)O/C=C\C(C1=CCCC=C1)=C/C3=C. The molecular formula is C38H36O2. The standard InChI is InChI=1S/C38H36O2/c1-6-9-16-28(7-2)26(4)24-34-35(8-3)40-38-33(30-19-14-11-15-20-30)25-32-27(5)23-31(29-17-12-10-13-18-29)21-22-39-37(32)36(34)38/h6,8-9,11-12,14-25,28H,1,3,5,7,10,13H2,2,4H3/b16-9-,22-21-,26-24+,31-23+. The number of ether oxygens (including phenoxy) is 1. The Labute approximate surface area is 238 Å². The zero-order valence-corrected chi connectivity index (χ0v) is 23.5. The molecule has 200 valence electrons. The van der Waals surface area contributed by atoms with E-state index in [1.54, 1.807) is 12.3 Å². The third-order valence-corrected chi connectivity index (χ3v) is 7.56. The van der Waals surface area contributed by atoms with Crippen molar-refractivity contribution >= 4 is 28.7 Å². The molecule has 0 amide bonds. The van der Waals surface area contributed by atoms with Crippen molar-refractivity contribution in [1.29, 1.82) is 0 Å². The van der Waals surface area contributed by atoms with Crippen molar-refractivity contribution in [3.8, 4) is 16.9 Å². The van der Waals surface area contributed by atoms with Crippen LogP contribution in [0.4, 0.5) is 0 Å². The first-order chi connectivity index (χ1) is 19.5. The Kier molecular flexibility index (Phi) is 8.17. The maximum atomic E-state index is 6.55. The van der Waals surface area contributed by atoms with E-state index in [-0.39, 0.29) is 5.92 Å². The van der Waals surface area contributed by atoms with Crippen LogP contribution in [-0.4, -0.2) is 0 Å². The number of hydrogen-bond donors (Lipinski definition) is 0. The molecule has 0 fully saturated rings. The van der Waals surface area contributed by atoms with E-state index in [1.165, 1.54) is 11.1 Å². The molecule has 1 aliphatic heterocycles. The fourth-order valence-corrected chi connectivity index (χ4v) is 5.43. The molecule has 0 saturated carbocycles. The zero-order valence-electron chi connectivity index (χ0n) is 23.5. The van der Waals surface area contributed by atoms with E-state index in [0.29, 0.717) is 0 Å². The minimum atomic E-state index is 0.276. The lowest BCUT2D eigenvalue weighted by molar-refractivity contribution is 0.484. The molecule has 0 radical (unpaired) electrons. The summed E-state index contributed by atoms with van der Waals surface area (Å²) in [5.74, 6) is 1.74. The van der Waals surface area contributed by atoms with Gasteiger partial charge >= 0.3 is 0 Å². The Morgan fingerprint density at radius 3 is 2.58 bits per heavy atom. The number of rotatable bonds is 8. The van der Waals surface area contributed by atoms with Gasteiger partial charge in [0.15, 0.2) is 0 Å². The quantitative estimate of drug-likeness (QED) is 0.273. The Balaban J connectivity index is 1.79. The molecule has 1 atom stereocenters. The van der Waals surface area contributed by atoms with Crippen LogP contribution in [0.5, 0.6) is 5.75 Å². The topological polar surface area (TPSA) is 22.4 Å².